The Morgan fingerprint density at radius 1 is 1.44 bits per heavy atom. The summed E-state index contributed by atoms with van der Waals surface area (Å²) >= 11 is 0. The third-order valence-corrected chi connectivity index (χ3v) is 2.33. The number of pyridine rings is 1. The van der Waals surface area contributed by atoms with Gasteiger partial charge in [-0.25, -0.2) is 0 Å². The normalized spacial score (nSPS) is 12.7. The summed E-state index contributed by atoms with van der Waals surface area (Å²) in [4.78, 5) is 4.05. The fourth-order valence-electron chi connectivity index (χ4n) is 1.57. The fraction of sp³-hybridized carbons (Fsp3) is 0.364. The number of aliphatic hydroxyl groups excluding tert-OH is 1. The number of aromatic nitrogens is 4. The van der Waals surface area contributed by atoms with Crippen LogP contribution in [0.25, 0.3) is 0 Å². The van der Waals surface area contributed by atoms with Gasteiger partial charge in [0.05, 0.1) is 11.8 Å². The van der Waals surface area contributed by atoms with Crippen LogP contribution in [0.5, 0.6) is 0 Å². The number of aryl methyl sites for hydroxylation is 2. The first-order valence-electron chi connectivity index (χ1n) is 5.10. The van der Waals surface area contributed by atoms with Crippen LogP contribution >= 0.6 is 0 Å². The minimum absolute atomic E-state index is 0.457. The van der Waals surface area contributed by atoms with Gasteiger partial charge in [0.15, 0.2) is 0 Å². The van der Waals surface area contributed by atoms with E-state index in [0.717, 1.165) is 16.8 Å². The molecule has 16 heavy (non-hydrogen) atoms. The molecule has 5 nitrogen and oxygen atoms in total. The predicted molar refractivity (Wildman–Crippen MR) is 58.6 cm³/mol. The zero-order chi connectivity index (χ0) is 11.5. The zero-order valence-corrected chi connectivity index (χ0v) is 9.33. The third-order valence-electron chi connectivity index (χ3n) is 2.33. The van der Waals surface area contributed by atoms with Gasteiger partial charge < -0.3 is 5.11 Å². The van der Waals surface area contributed by atoms with E-state index in [1.165, 1.54) is 0 Å². The molecule has 0 aliphatic heterocycles. The Hall–Kier alpha value is -1.75. The molecule has 0 aliphatic carbocycles. The van der Waals surface area contributed by atoms with E-state index in [2.05, 4.69) is 15.3 Å². The highest BCUT2D eigenvalue weighted by Crippen LogP contribution is 2.16. The molecular weight excluding hydrogens is 204 g/mol. The molecule has 0 aromatic carbocycles. The molecule has 0 spiro atoms. The SMILES string of the molecule is Cc1cncc(C(O)Cc2cn(C)nn2)c1. The summed E-state index contributed by atoms with van der Waals surface area (Å²) in [6, 6.07) is 1.92. The van der Waals surface area contributed by atoms with E-state index >= 15 is 0 Å². The molecular formula is C11H14N4O. The lowest BCUT2D eigenvalue weighted by atomic mass is 10.1. The zero-order valence-electron chi connectivity index (χ0n) is 9.33. The maximum Gasteiger partial charge on any atom is 0.0861 e. The Bertz CT molecular complexity index is 480. The van der Waals surface area contributed by atoms with Gasteiger partial charge in [0.25, 0.3) is 0 Å². The number of aliphatic hydroxyl groups is 1. The molecule has 1 unspecified atom stereocenters. The lowest BCUT2D eigenvalue weighted by Crippen LogP contribution is -2.03. The van der Waals surface area contributed by atoms with Gasteiger partial charge >= 0.3 is 0 Å². The van der Waals surface area contributed by atoms with Crippen molar-refractivity contribution in [2.75, 3.05) is 0 Å². The smallest absolute Gasteiger partial charge is 0.0861 e. The van der Waals surface area contributed by atoms with Gasteiger partial charge in [0.2, 0.25) is 0 Å². The molecule has 1 N–H and O–H groups in total. The van der Waals surface area contributed by atoms with Gasteiger partial charge in [-0.1, -0.05) is 11.3 Å². The van der Waals surface area contributed by atoms with E-state index in [1.54, 1.807) is 30.3 Å². The first kappa shape index (κ1) is 10.8. The summed E-state index contributed by atoms with van der Waals surface area (Å²) < 4.78 is 1.62. The molecule has 0 saturated carbocycles. The van der Waals surface area contributed by atoms with Crippen molar-refractivity contribution in [1.29, 1.82) is 0 Å². The Labute approximate surface area is 93.8 Å². The molecule has 2 heterocycles. The molecule has 2 aromatic rings. The van der Waals surface area contributed by atoms with Crippen molar-refractivity contribution in [2.24, 2.45) is 7.05 Å². The summed E-state index contributed by atoms with van der Waals surface area (Å²) in [5.41, 5.74) is 2.62. The predicted octanol–water partition coefficient (Wildman–Crippen LogP) is 0.795. The highest BCUT2D eigenvalue weighted by atomic mass is 16.3. The average Bonchev–Trinajstić information content (AvgIpc) is 2.64. The molecule has 0 bridgehead atoms. The second kappa shape index (κ2) is 4.40. The molecule has 1 atom stereocenters. The summed E-state index contributed by atoms with van der Waals surface area (Å²) in [5, 5.41) is 17.7. The van der Waals surface area contributed by atoms with Gasteiger partial charge in [-0.15, -0.1) is 5.10 Å². The van der Waals surface area contributed by atoms with Gasteiger partial charge in [-0.3, -0.25) is 9.67 Å². The second-order valence-corrected chi connectivity index (χ2v) is 3.90. The van der Waals surface area contributed by atoms with E-state index in [1.807, 2.05) is 13.0 Å². The summed E-state index contributed by atoms with van der Waals surface area (Å²) in [5.74, 6) is 0. The quantitative estimate of drug-likeness (QED) is 0.827. The Morgan fingerprint density at radius 3 is 2.88 bits per heavy atom. The van der Waals surface area contributed by atoms with E-state index in [-0.39, 0.29) is 0 Å². The van der Waals surface area contributed by atoms with E-state index < -0.39 is 6.10 Å². The first-order chi connectivity index (χ1) is 7.65. The van der Waals surface area contributed by atoms with E-state index in [9.17, 15) is 5.11 Å². The minimum atomic E-state index is -0.580. The van der Waals surface area contributed by atoms with Crippen molar-refractivity contribution >= 4 is 0 Å². The Balaban J connectivity index is 2.11. The van der Waals surface area contributed by atoms with Crippen LogP contribution in [0.4, 0.5) is 0 Å². The molecule has 2 aromatic heterocycles. The standard InChI is InChI=1S/C11H14N4O/c1-8-3-9(6-12-5-8)11(16)4-10-7-15(2)14-13-10/h3,5-7,11,16H,4H2,1-2H3. The molecule has 0 radical (unpaired) electrons. The number of hydrogen-bond donors (Lipinski definition) is 1. The van der Waals surface area contributed by atoms with Crippen molar-refractivity contribution in [2.45, 2.75) is 19.4 Å². The van der Waals surface area contributed by atoms with Crippen molar-refractivity contribution in [3.63, 3.8) is 0 Å². The fourth-order valence-corrected chi connectivity index (χ4v) is 1.57. The molecule has 0 fully saturated rings. The van der Waals surface area contributed by atoms with Gasteiger partial charge in [-0.2, -0.15) is 0 Å². The van der Waals surface area contributed by atoms with Crippen LogP contribution in [0.3, 0.4) is 0 Å². The van der Waals surface area contributed by atoms with Gasteiger partial charge in [0, 0.05) is 32.1 Å². The topological polar surface area (TPSA) is 63.8 Å². The Morgan fingerprint density at radius 2 is 2.25 bits per heavy atom. The van der Waals surface area contributed by atoms with E-state index in [0.29, 0.717) is 6.42 Å². The first-order valence-corrected chi connectivity index (χ1v) is 5.10. The van der Waals surface area contributed by atoms with E-state index in [4.69, 9.17) is 0 Å². The van der Waals surface area contributed by atoms with Crippen molar-refractivity contribution in [3.05, 3.63) is 41.5 Å². The second-order valence-electron chi connectivity index (χ2n) is 3.90. The number of hydrogen-bond acceptors (Lipinski definition) is 4. The largest absolute Gasteiger partial charge is 0.388 e. The van der Waals surface area contributed by atoms with Crippen molar-refractivity contribution in [1.82, 2.24) is 20.0 Å². The number of rotatable bonds is 3. The van der Waals surface area contributed by atoms with Gasteiger partial charge in [-0.05, 0) is 18.1 Å². The molecule has 0 aliphatic rings. The van der Waals surface area contributed by atoms with Crippen LogP contribution in [0.15, 0.2) is 24.7 Å². The lowest BCUT2D eigenvalue weighted by Gasteiger charge is -2.08. The number of nitrogens with zero attached hydrogens (tertiary/aromatic N) is 4. The molecule has 84 valence electrons. The van der Waals surface area contributed by atoms with Crippen LogP contribution in [-0.2, 0) is 13.5 Å². The third kappa shape index (κ3) is 2.43. The summed E-state index contributed by atoms with van der Waals surface area (Å²) in [6.07, 6.45) is 5.11. The highest BCUT2D eigenvalue weighted by molar-refractivity contribution is 5.20. The van der Waals surface area contributed by atoms with Crippen LogP contribution in [-0.4, -0.2) is 25.1 Å². The van der Waals surface area contributed by atoms with Crippen LogP contribution in [0.2, 0.25) is 0 Å². The molecule has 0 saturated heterocycles. The van der Waals surface area contributed by atoms with Crippen molar-refractivity contribution in [3.8, 4) is 0 Å². The molecule has 5 heteroatoms. The maximum atomic E-state index is 9.99. The Kier molecular flexibility index (Phi) is 2.96. The monoisotopic (exact) mass is 218 g/mol. The van der Waals surface area contributed by atoms with Gasteiger partial charge in [0.1, 0.15) is 0 Å². The summed E-state index contributed by atoms with van der Waals surface area (Å²) in [6.45, 7) is 1.95. The highest BCUT2D eigenvalue weighted by Gasteiger charge is 2.11. The molecule has 2 rings (SSSR count). The van der Waals surface area contributed by atoms with Crippen LogP contribution in [0, 0.1) is 6.92 Å². The van der Waals surface area contributed by atoms with Crippen LogP contribution < -0.4 is 0 Å². The minimum Gasteiger partial charge on any atom is -0.388 e. The summed E-state index contributed by atoms with van der Waals surface area (Å²) in [7, 11) is 1.80. The lowest BCUT2D eigenvalue weighted by molar-refractivity contribution is 0.176. The van der Waals surface area contributed by atoms with Crippen molar-refractivity contribution < 1.29 is 5.11 Å². The average molecular weight is 218 g/mol. The maximum absolute atomic E-state index is 9.99. The van der Waals surface area contributed by atoms with Crippen LogP contribution in [0.1, 0.15) is 22.9 Å². The molecule has 0 amide bonds.